The van der Waals surface area contributed by atoms with Gasteiger partial charge in [0.05, 0.1) is 0 Å². The molecule has 1 aromatic carbocycles. The van der Waals surface area contributed by atoms with Gasteiger partial charge in [0.2, 0.25) is 5.89 Å². The van der Waals surface area contributed by atoms with Crippen LogP contribution in [-0.2, 0) is 3.79 Å². The lowest BCUT2D eigenvalue weighted by molar-refractivity contribution is 0.493. The van der Waals surface area contributed by atoms with Gasteiger partial charge in [-0.3, -0.25) is 0 Å². The molecule has 3 aromatic heterocycles. The minimum absolute atomic E-state index is 0.0771. The molecule has 0 fully saturated rings. The number of hydrogen-bond acceptors (Lipinski definition) is 7. The number of fused-ring (bicyclic) bond motifs is 1. The Hall–Kier alpha value is -2.42. The van der Waals surface area contributed by atoms with E-state index in [0.717, 1.165) is 11.0 Å². The number of nitrogens with one attached hydrogen (secondary N) is 1. The molecule has 0 aliphatic carbocycles. The molecule has 0 saturated carbocycles. The number of tetrazole rings is 1. The standard InChI is InChI=1S/C13H7Cl3N2O2.CH2N4/c14-13(15,16)12-18-17-11(20-12)6-5-9-7-8-3-1-2-4-10(8)19-9;1-2-4-5-3-1/h1-7H;1H,(H,2,3,4,5). The third kappa shape index (κ3) is 4.79. The zero-order valence-corrected chi connectivity index (χ0v) is 14.6. The molecule has 0 atom stereocenters. The fourth-order valence-corrected chi connectivity index (χ4v) is 2.01. The van der Waals surface area contributed by atoms with Crippen molar-refractivity contribution in [1.29, 1.82) is 0 Å². The van der Waals surface area contributed by atoms with Crippen molar-refractivity contribution in [2.75, 3.05) is 0 Å². The Morgan fingerprint density at radius 3 is 2.48 bits per heavy atom. The van der Waals surface area contributed by atoms with Crippen molar-refractivity contribution in [3.63, 3.8) is 0 Å². The topological polar surface area (TPSA) is 107 Å². The predicted molar refractivity (Wildman–Crippen MR) is 92.9 cm³/mol. The van der Waals surface area contributed by atoms with E-state index in [1.807, 2.05) is 30.3 Å². The first-order valence-electron chi connectivity index (χ1n) is 6.76. The fourth-order valence-electron chi connectivity index (χ4n) is 1.78. The molecule has 3 heterocycles. The number of aromatic nitrogens is 6. The molecule has 0 amide bonds. The average molecular weight is 400 g/mol. The normalized spacial score (nSPS) is 11.6. The van der Waals surface area contributed by atoms with E-state index < -0.39 is 3.79 Å². The van der Waals surface area contributed by atoms with Gasteiger partial charge < -0.3 is 8.83 Å². The number of benzene rings is 1. The van der Waals surface area contributed by atoms with Gasteiger partial charge in [-0.25, -0.2) is 0 Å². The average Bonchev–Trinajstić information content (AvgIpc) is 3.33. The summed E-state index contributed by atoms with van der Waals surface area (Å²) in [5.41, 5.74) is 0.805. The Balaban J connectivity index is 0.000000314. The first-order valence-corrected chi connectivity index (χ1v) is 7.89. The second kappa shape index (κ2) is 7.64. The van der Waals surface area contributed by atoms with Crippen molar-refractivity contribution in [2.45, 2.75) is 3.79 Å². The van der Waals surface area contributed by atoms with Crippen LogP contribution >= 0.6 is 34.8 Å². The second-order valence-corrected chi connectivity index (χ2v) is 6.80. The summed E-state index contributed by atoms with van der Waals surface area (Å²) in [5.74, 6) is 0.818. The van der Waals surface area contributed by atoms with Crippen LogP contribution in [0.4, 0.5) is 0 Å². The number of aromatic amines is 1. The van der Waals surface area contributed by atoms with Gasteiger partial charge in [-0.15, -0.1) is 20.4 Å². The van der Waals surface area contributed by atoms with Crippen molar-refractivity contribution in [2.24, 2.45) is 0 Å². The molecule has 0 spiro atoms. The summed E-state index contributed by atoms with van der Waals surface area (Å²) in [6.07, 6.45) is 4.63. The van der Waals surface area contributed by atoms with E-state index in [-0.39, 0.29) is 11.8 Å². The molecule has 1 N–H and O–H groups in total. The number of furan rings is 1. The van der Waals surface area contributed by atoms with Crippen molar-refractivity contribution in [3.05, 3.63) is 54.2 Å². The molecule has 25 heavy (non-hydrogen) atoms. The van der Waals surface area contributed by atoms with Crippen LogP contribution in [0.3, 0.4) is 0 Å². The predicted octanol–water partition coefficient (Wildman–Crippen LogP) is 4.01. The minimum Gasteiger partial charge on any atom is -0.457 e. The van der Waals surface area contributed by atoms with Crippen LogP contribution in [-0.4, -0.2) is 30.8 Å². The highest BCUT2D eigenvalue weighted by Crippen LogP contribution is 2.37. The summed E-state index contributed by atoms with van der Waals surface area (Å²) in [4.78, 5) is 0. The third-order valence-corrected chi connectivity index (χ3v) is 3.27. The number of para-hydroxylation sites is 1. The maximum absolute atomic E-state index is 5.63. The molecular weight excluding hydrogens is 391 g/mol. The van der Waals surface area contributed by atoms with E-state index in [1.165, 1.54) is 6.33 Å². The summed E-state index contributed by atoms with van der Waals surface area (Å²) in [5, 5.41) is 20.6. The van der Waals surface area contributed by atoms with Crippen LogP contribution in [0.2, 0.25) is 0 Å². The Morgan fingerprint density at radius 1 is 1.04 bits per heavy atom. The van der Waals surface area contributed by atoms with Crippen LogP contribution in [0.5, 0.6) is 0 Å². The molecule has 128 valence electrons. The van der Waals surface area contributed by atoms with Gasteiger partial charge in [0.1, 0.15) is 11.3 Å². The maximum atomic E-state index is 5.63. The molecule has 11 heteroatoms. The van der Waals surface area contributed by atoms with Gasteiger partial charge in [0.25, 0.3) is 9.68 Å². The molecule has 0 aliphatic rings. The number of alkyl halides is 3. The Kier molecular flexibility index (Phi) is 5.32. The highest BCUT2D eigenvalue weighted by molar-refractivity contribution is 6.66. The molecular formula is C14H9Cl3N6O2. The van der Waals surface area contributed by atoms with Crippen molar-refractivity contribution >= 4 is 57.9 Å². The number of hydrogen-bond donors (Lipinski definition) is 1. The molecule has 4 aromatic rings. The van der Waals surface area contributed by atoms with E-state index in [2.05, 4.69) is 30.8 Å². The second-order valence-electron chi connectivity index (χ2n) is 4.52. The zero-order valence-electron chi connectivity index (χ0n) is 12.3. The number of rotatable bonds is 2. The maximum Gasteiger partial charge on any atom is 0.268 e. The highest BCUT2D eigenvalue weighted by Gasteiger charge is 2.29. The largest absolute Gasteiger partial charge is 0.457 e. The molecule has 0 bridgehead atoms. The van der Waals surface area contributed by atoms with E-state index in [1.54, 1.807) is 12.2 Å². The Bertz CT molecular complexity index is 908. The van der Waals surface area contributed by atoms with Gasteiger partial charge in [-0.05, 0) is 18.2 Å². The summed E-state index contributed by atoms with van der Waals surface area (Å²) in [6, 6.07) is 9.60. The highest BCUT2D eigenvalue weighted by atomic mass is 35.6. The van der Waals surface area contributed by atoms with Gasteiger partial charge in [0.15, 0.2) is 6.33 Å². The first kappa shape index (κ1) is 17.4. The minimum atomic E-state index is -1.72. The van der Waals surface area contributed by atoms with Crippen LogP contribution in [0, 0.1) is 0 Å². The quantitative estimate of drug-likeness (QED) is 0.507. The van der Waals surface area contributed by atoms with Crippen LogP contribution in [0.25, 0.3) is 23.1 Å². The third-order valence-electron chi connectivity index (χ3n) is 2.79. The van der Waals surface area contributed by atoms with E-state index >= 15 is 0 Å². The molecule has 8 nitrogen and oxygen atoms in total. The lowest BCUT2D eigenvalue weighted by Crippen LogP contribution is -1.99. The molecule has 0 unspecified atom stereocenters. The summed E-state index contributed by atoms with van der Waals surface area (Å²) < 4.78 is 9.08. The molecule has 0 aliphatic heterocycles. The van der Waals surface area contributed by atoms with Crippen LogP contribution in [0.1, 0.15) is 17.5 Å². The lowest BCUT2D eigenvalue weighted by atomic mass is 10.2. The first-order chi connectivity index (χ1) is 12.0. The number of nitrogens with zero attached hydrogens (tertiary/aromatic N) is 5. The fraction of sp³-hybridized carbons (Fsp3) is 0.0714. The smallest absolute Gasteiger partial charge is 0.268 e. The van der Waals surface area contributed by atoms with E-state index in [4.69, 9.17) is 43.6 Å². The van der Waals surface area contributed by atoms with Crippen molar-refractivity contribution < 1.29 is 8.83 Å². The van der Waals surface area contributed by atoms with Gasteiger partial charge in [0, 0.05) is 11.5 Å². The molecule has 0 radical (unpaired) electrons. The van der Waals surface area contributed by atoms with Gasteiger partial charge in [-0.2, -0.15) is 5.21 Å². The van der Waals surface area contributed by atoms with Gasteiger partial charge >= 0.3 is 0 Å². The Labute approximate surface area is 155 Å². The van der Waals surface area contributed by atoms with E-state index in [0.29, 0.717) is 5.76 Å². The number of halogens is 3. The van der Waals surface area contributed by atoms with Gasteiger partial charge in [-0.1, -0.05) is 58.2 Å². The SMILES string of the molecule is ClC(Cl)(Cl)c1nnc(C=Cc2cc3ccccc3o2)o1.c1nn[nH]n1. The molecule has 0 saturated heterocycles. The van der Waals surface area contributed by atoms with Crippen molar-refractivity contribution in [3.8, 4) is 0 Å². The van der Waals surface area contributed by atoms with Crippen molar-refractivity contribution in [1.82, 2.24) is 30.8 Å². The number of H-pyrrole nitrogens is 1. The van der Waals surface area contributed by atoms with E-state index in [9.17, 15) is 0 Å². The Morgan fingerprint density at radius 2 is 1.88 bits per heavy atom. The summed E-state index contributed by atoms with van der Waals surface area (Å²) in [6.45, 7) is 0. The summed E-state index contributed by atoms with van der Waals surface area (Å²) >= 11 is 16.9. The lowest BCUT2D eigenvalue weighted by Gasteiger charge is -2.01. The van der Waals surface area contributed by atoms with Crippen LogP contribution in [0.15, 0.2) is 45.5 Å². The monoisotopic (exact) mass is 398 g/mol. The summed E-state index contributed by atoms with van der Waals surface area (Å²) in [7, 11) is 0. The molecule has 4 rings (SSSR count). The zero-order chi connectivity index (χ0) is 17.7. The van der Waals surface area contributed by atoms with Crippen LogP contribution < -0.4 is 0 Å².